The summed E-state index contributed by atoms with van der Waals surface area (Å²) in [5.74, 6) is -1.26. The molecule has 0 unspecified atom stereocenters. The number of nitrogens with zero attached hydrogens (tertiary/aromatic N) is 1. The van der Waals surface area contributed by atoms with E-state index in [0.29, 0.717) is 18.7 Å². The minimum atomic E-state index is -0.809. The molecule has 0 saturated carbocycles. The van der Waals surface area contributed by atoms with Gasteiger partial charge in [-0.15, -0.1) is 0 Å². The molecule has 0 atom stereocenters. The first-order valence-electron chi connectivity index (χ1n) is 6.24. The molecule has 0 fully saturated rings. The van der Waals surface area contributed by atoms with Crippen molar-refractivity contribution >= 4 is 11.9 Å². The van der Waals surface area contributed by atoms with Gasteiger partial charge >= 0.3 is 5.97 Å². The van der Waals surface area contributed by atoms with Crippen molar-refractivity contribution in [1.29, 1.82) is 0 Å². The highest BCUT2D eigenvalue weighted by Gasteiger charge is 2.12. The van der Waals surface area contributed by atoms with E-state index in [4.69, 9.17) is 10.8 Å². The van der Waals surface area contributed by atoms with Crippen LogP contribution in [0, 0.1) is 0 Å². The van der Waals surface area contributed by atoms with Gasteiger partial charge in [0.05, 0.1) is 6.42 Å². The fraction of sp³-hybridized carbons (Fsp3) is 0.429. The highest BCUT2D eigenvalue weighted by Crippen LogP contribution is 2.11. The molecule has 0 aliphatic carbocycles. The zero-order valence-electron chi connectivity index (χ0n) is 11.3. The van der Waals surface area contributed by atoms with Crippen LogP contribution < -0.4 is 5.73 Å². The molecule has 0 heterocycles. The van der Waals surface area contributed by atoms with E-state index < -0.39 is 11.9 Å². The number of rotatable bonds is 7. The summed E-state index contributed by atoms with van der Waals surface area (Å²) in [7, 11) is 0. The fourth-order valence-corrected chi connectivity index (χ4v) is 1.82. The minimum Gasteiger partial charge on any atom is -0.481 e. The lowest BCUT2D eigenvalue weighted by Gasteiger charge is -2.26. The zero-order chi connectivity index (χ0) is 14.4. The molecule has 0 spiro atoms. The Morgan fingerprint density at radius 3 is 2.58 bits per heavy atom. The highest BCUT2D eigenvalue weighted by molar-refractivity contribution is 5.92. The van der Waals surface area contributed by atoms with Gasteiger partial charge in [0.2, 0.25) is 5.91 Å². The van der Waals surface area contributed by atoms with E-state index in [0.717, 1.165) is 5.56 Å². The summed E-state index contributed by atoms with van der Waals surface area (Å²) >= 11 is 0. The Kier molecular flexibility index (Phi) is 5.51. The number of amides is 1. The average Bonchev–Trinajstić information content (AvgIpc) is 2.34. The number of aliphatic carboxylic acids is 1. The van der Waals surface area contributed by atoms with Crippen LogP contribution in [0.3, 0.4) is 0 Å². The summed E-state index contributed by atoms with van der Waals surface area (Å²) in [4.78, 5) is 23.8. The van der Waals surface area contributed by atoms with Crippen molar-refractivity contribution in [3.63, 3.8) is 0 Å². The van der Waals surface area contributed by atoms with Crippen molar-refractivity contribution < 1.29 is 14.7 Å². The van der Waals surface area contributed by atoms with Gasteiger partial charge in [0.15, 0.2) is 0 Å². The number of carboxylic acids is 1. The van der Waals surface area contributed by atoms with Crippen LogP contribution >= 0.6 is 0 Å². The summed E-state index contributed by atoms with van der Waals surface area (Å²) in [6.45, 7) is 5.11. The van der Waals surface area contributed by atoms with Crippen LogP contribution in [0.2, 0.25) is 0 Å². The zero-order valence-corrected chi connectivity index (χ0v) is 11.3. The summed E-state index contributed by atoms with van der Waals surface area (Å²) < 4.78 is 0. The predicted molar refractivity (Wildman–Crippen MR) is 72.8 cm³/mol. The molecule has 1 amide bonds. The number of carbonyl (C=O) groups is 2. The summed E-state index contributed by atoms with van der Waals surface area (Å²) in [6, 6.07) is 7.34. The van der Waals surface area contributed by atoms with E-state index in [2.05, 4.69) is 0 Å². The SMILES string of the molecule is CC(C)N(CCC(=O)O)Cc1cccc(C(N)=O)c1. The summed E-state index contributed by atoms with van der Waals surface area (Å²) in [6.07, 6.45) is 0.105. The highest BCUT2D eigenvalue weighted by atomic mass is 16.4. The second-order valence-electron chi connectivity index (χ2n) is 4.77. The molecule has 104 valence electrons. The number of hydrogen-bond acceptors (Lipinski definition) is 3. The molecule has 1 rings (SSSR count). The van der Waals surface area contributed by atoms with Gasteiger partial charge in [-0.05, 0) is 31.5 Å². The van der Waals surface area contributed by atoms with E-state index in [9.17, 15) is 9.59 Å². The van der Waals surface area contributed by atoms with E-state index in [1.165, 1.54) is 0 Å². The molecule has 1 aromatic rings. The standard InChI is InChI=1S/C14H20N2O3/c1-10(2)16(7-6-13(17)18)9-11-4-3-5-12(8-11)14(15)19/h3-5,8,10H,6-7,9H2,1-2H3,(H2,15,19)(H,17,18). The number of carboxylic acid groups (broad SMARTS) is 1. The van der Waals surface area contributed by atoms with Gasteiger partial charge in [-0.1, -0.05) is 12.1 Å². The van der Waals surface area contributed by atoms with Crippen molar-refractivity contribution in [1.82, 2.24) is 4.90 Å². The van der Waals surface area contributed by atoms with E-state index in [1.54, 1.807) is 18.2 Å². The van der Waals surface area contributed by atoms with Crippen molar-refractivity contribution in [3.8, 4) is 0 Å². The van der Waals surface area contributed by atoms with Crippen LogP contribution in [0.25, 0.3) is 0 Å². The number of carbonyl (C=O) groups excluding carboxylic acids is 1. The van der Waals surface area contributed by atoms with Crippen LogP contribution in [0.4, 0.5) is 0 Å². The Bertz CT molecular complexity index is 458. The van der Waals surface area contributed by atoms with Gasteiger partial charge in [0, 0.05) is 24.7 Å². The van der Waals surface area contributed by atoms with Crippen LogP contribution in [-0.4, -0.2) is 34.5 Å². The molecular weight excluding hydrogens is 244 g/mol. The molecule has 0 aromatic heterocycles. The lowest BCUT2D eigenvalue weighted by Crippen LogP contribution is -2.32. The lowest BCUT2D eigenvalue weighted by atomic mass is 10.1. The topological polar surface area (TPSA) is 83.6 Å². The van der Waals surface area contributed by atoms with Gasteiger partial charge < -0.3 is 10.8 Å². The lowest BCUT2D eigenvalue weighted by molar-refractivity contribution is -0.137. The van der Waals surface area contributed by atoms with Crippen molar-refractivity contribution in [2.45, 2.75) is 32.9 Å². The number of benzene rings is 1. The second kappa shape index (κ2) is 6.89. The van der Waals surface area contributed by atoms with Gasteiger partial charge in [0.1, 0.15) is 0 Å². The number of primary amides is 1. The third-order valence-corrected chi connectivity index (χ3v) is 2.94. The third kappa shape index (κ3) is 5.09. The Hall–Kier alpha value is -1.88. The summed E-state index contributed by atoms with van der Waals surface area (Å²) in [5, 5.41) is 8.74. The first-order valence-corrected chi connectivity index (χ1v) is 6.24. The Morgan fingerprint density at radius 2 is 2.05 bits per heavy atom. The Labute approximate surface area is 113 Å². The molecule has 0 bridgehead atoms. The van der Waals surface area contributed by atoms with Gasteiger partial charge in [-0.3, -0.25) is 14.5 Å². The number of hydrogen-bond donors (Lipinski definition) is 2. The Morgan fingerprint density at radius 1 is 1.37 bits per heavy atom. The van der Waals surface area contributed by atoms with E-state index >= 15 is 0 Å². The molecule has 0 saturated heterocycles. The van der Waals surface area contributed by atoms with Crippen LogP contribution in [0.1, 0.15) is 36.2 Å². The van der Waals surface area contributed by atoms with Crippen molar-refractivity contribution in [2.75, 3.05) is 6.54 Å². The molecular formula is C14H20N2O3. The largest absolute Gasteiger partial charge is 0.481 e. The van der Waals surface area contributed by atoms with E-state index in [1.807, 2.05) is 24.8 Å². The number of nitrogens with two attached hydrogens (primary N) is 1. The normalized spacial score (nSPS) is 10.9. The van der Waals surface area contributed by atoms with Crippen molar-refractivity contribution in [3.05, 3.63) is 35.4 Å². The maximum atomic E-state index is 11.1. The maximum absolute atomic E-state index is 11.1. The maximum Gasteiger partial charge on any atom is 0.304 e. The van der Waals surface area contributed by atoms with E-state index in [-0.39, 0.29) is 12.5 Å². The summed E-state index contributed by atoms with van der Waals surface area (Å²) in [5.41, 5.74) is 6.67. The Balaban J connectivity index is 2.75. The molecule has 3 N–H and O–H groups in total. The molecule has 1 aromatic carbocycles. The van der Waals surface area contributed by atoms with Crippen LogP contribution in [-0.2, 0) is 11.3 Å². The molecule has 0 aliphatic rings. The smallest absolute Gasteiger partial charge is 0.304 e. The molecule has 19 heavy (non-hydrogen) atoms. The molecule has 0 radical (unpaired) electrons. The van der Waals surface area contributed by atoms with Gasteiger partial charge in [-0.2, -0.15) is 0 Å². The first-order chi connectivity index (χ1) is 8.90. The van der Waals surface area contributed by atoms with Crippen molar-refractivity contribution in [2.24, 2.45) is 5.73 Å². The third-order valence-electron chi connectivity index (χ3n) is 2.94. The molecule has 5 heteroatoms. The second-order valence-corrected chi connectivity index (χ2v) is 4.77. The molecule has 5 nitrogen and oxygen atoms in total. The molecule has 0 aliphatic heterocycles. The van der Waals surface area contributed by atoms with Gasteiger partial charge in [0.25, 0.3) is 0 Å². The van der Waals surface area contributed by atoms with Crippen LogP contribution in [0.15, 0.2) is 24.3 Å². The minimum absolute atomic E-state index is 0.105. The van der Waals surface area contributed by atoms with Gasteiger partial charge in [-0.25, -0.2) is 0 Å². The quantitative estimate of drug-likeness (QED) is 0.781. The monoisotopic (exact) mass is 264 g/mol. The average molecular weight is 264 g/mol. The first kappa shape index (κ1) is 15.2. The fourth-order valence-electron chi connectivity index (χ4n) is 1.82. The van der Waals surface area contributed by atoms with Crippen LogP contribution in [0.5, 0.6) is 0 Å². The predicted octanol–water partition coefficient (Wildman–Crippen LogP) is 1.47.